The maximum Gasteiger partial charge on any atom is 0.129 e. The first-order valence-electron chi connectivity index (χ1n) is 12.6. The van der Waals surface area contributed by atoms with Gasteiger partial charge in [-0.3, -0.25) is 4.90 Å². The highest BCUT2D eigenvalue weighted by Gasteiger charge is 2.26. The van der Waals surface area contributed by atoms with Crippen LogP contribution in [0.2, 0.25) is 0 Å². The minimum atomic E-state index is -0.0392. The predicted molar refractivity (Wildman–Crippen MR) is 163 cm³/mol. The van der Waals surface area contributed by atoms with Crippen molar-refractivity contribution in [3.63, 3.8) is 0 Å². The first-order valence-corrected chi connectivity index (χ1v) is 13.1. The third-order valence-electron chi connectivity index (χ3n) is 6.56. The number of pyridine rings is 2. The van der Waals surface area contributed by atoms with Gasteiger partial charge in [-0.15, -0.1) is 0 Å². The molecule has 0 bridgehead atoms. The molecule has 8 heteroatoms. The highest BCUT2D eigenvalue weighted by molar-refractivity contribution is 7.81. The zero-order valence-electron chi connectivity index (χ0n) is 23.0. The monoisotopic (exact) mass is 519 g/mol. The lowest BCUT2D eigenvalue weighted by atomic mass is 10.0. The maximum atomic E-state index is 4.62. The van der Waals surface area contributed by atoms with Crippen LogP contribution in [0.1, 0.15) is 31.9 Å². The third kappa shape index (κ3) is 7.95. The standard InChI is InChI=1S/C15H20N4.C14H21N3S/c1-11(10-19(4)17-3)12-5-6-13-9-18-15(16-2)8-14(13)7-12;1-4-12-5-6-15-13(11-12)16-7-9-17(10-8-16)14(2,3)18/h5-10,17H,1-4H3,(H,16,18);4-6,11,18H,1,7-10H2,2-3H3/b11-10+;. The summed E-state index contributed by atoms with van der Waals surface area (Å²) in [6.07, 6.45) is 7.67. The van der Waals surface area contributed by atoms with E-state index in [0.29, 0.717) is 0 Å². The second-order valence-electron chi connectivity index (χ2n) is 9.65. The van der Waals surface area contributed by atoms with Crippen molar-refractivity contribution >= 4 is 46.7 Å². The fraction of sp³-hybridized carbons (Fsp3) is 0.379. The number of thiol groups is 1. The van der Waals surface area contributed by atoms with E-state index in [9.17, 15) is 0 Å². The number of allylic oxidation sites excluding steroid dienone is 1. The number of piperazine rings is 1. The zero-order valence-corrected chi connectivity index (χ0v) is 23.9. The molecule has 0 aliphatic carbocycles. The number of hydrazine groups is 1. The molecule has 0 atom stereocenters. The molecule has 0 unspecified atom stereocenters. The van der Waals surface area contributed by atoms with E-state index in [2.05, 4.69) is 107 Å². The van der Waals surface area contributed by atoms with E-state index < -0.39 is 0 Å². The van der Waals surface area contributed by atoms with Crippen molar-refractivity contribution < 1.29 is 0 Å². The van der Waals surface area contributed by atoms with Crippen LogP contribution in [-0.2, 0) is 0 Å². The molecule has 7 nitrogen and oxygen atoms in total. The Kier molecular flexibility index (Phi) is 9.97. The molecule has 0 amide bonds. The van der Waals surface area contributed by atoms with Gasteiger partial charge >= 0.3 is 0 Å². The van der Waals surface area contributed by atoms with E-state index >= 15 is 0 Å². The topological polar surface area (TPSA) is 59.6 Å². The van der Waals surface area contributed by atoms with Crippen molar-refractivity contribution in [2.24, 2.45) is 0 Å². The van der Waals surface area contributed by atoms with Gasteiger partial charge < -0.3 is 15.2 Å². The summed E-state index contributed by atoms with van der Waals surface area (Å²) in [5, 5.41) is 7.34. The molecule has 4 rings (SSSR count). The number of rotatable bonds is 7. The number of benzene rings is 1. The highest BCUT2D eigenvalue weighted by Crippen LogP contribution is 2.24. The maximum absolute atomic E-state index is 4.62. The number of anilines is 2. The summed E-state index contributed by atoms with van der Waals surface area (Å²) in [5.74, 6) is 1.93. The van der Waals surface area contributed by atoms with Crippen LogP contribution >= 0.6 is 12.6 Å². The van der Waals surface area contributed by atoms with Gasteiger partial charge in [0.05, 0.1) is 4.87 Å². The Morgan fingerprint density at radius 1 is 1.05 bits per heavy atom. The van der Waals surface area contributed by atoms with Crippen LogP contribution < -0.4 is 15.6 Å². The Morgan fingerprint density at radius 2 is 1.78 bits per heavy atom. The number of fused-ring (bicyclic) bond motifs is 1. The van der Waals surface area contributed by atoms with Gasteiger partial charge in [-0.1, -0.05) is 24.8 Å². The van der Waals surface area contributed by atoms with Gasteiger partial charge in [-0.2, -0.15) is 12.6 Å². The van der Waals surface area contributed by atoms with Crippen LogP contribution in [0.5, 0.6) is 0 Å². The van der Waals surface area contributed by atoms with E-state index in [1.54, 1.807) is 0 Å². The summed E-state index contributed by atoms with van der Waals surface area (Å²) >= 11 is 4.62. The molecule has 1 fully saturated rings. The molecule has 2 N–H and O–H groups in total. The fourth-order valence-electron chi connectivity index (χ4n) is 4.17. The van der Waals surface area contributed by atoms with E-state index in [1.165, 1.54) is 16.5 Å². The number of nitrogens with zero attached hydrogens (tertiary/aromatic N) is 5. The van der Waals surface area contributed by atoms with Gasteiger partial charge in [0.1, 0.15) is 11.6 Å². The molecule has 3 aromatic rings. The molecule has 1 aromatic carbocycles. The number of aromatic nitrogens is 2. The van der Waals surface area contributed by atoms with Crippen LogP contribution in [0.25, 0.3) is 22.4 Å². The van der Waals surface area contributed by atoms with Crippen LogP contribution in [0.3, 0.4) is 0 Å². The largest absolute Gasteiger partial charge is 0.373 e. The van der Waals surface area contributed by atoms with Gasteiger partial charge in [0, 0.05) is 71.3 Å². The SMILES string of the molecule is C=Cc1ccnc(N2CCN(C(C)(C)S)CC2)c1.CNc1cc2cc(/C(C)=C/N(C)NC)ccc2cn1. The van der Waals surface area contributed by atoms with Crippen molar-refractivity contribution in [1.82, 2.24) is 25.3 Å². The van der Waals surface area contributed by atoms with Crippen LogP contribution in [-0.4, -0.2) is 72.1 Å². The smallest absolute Gasteiger partial charge is 0.129 e. The van der Waals surface area contributed by atoms with E-state index in [0.717, 1.165) is 48.8 Å². The van der Waals surface area contributed by atoms with Crippen LogP contribution in [0, 0.1) is 0 Å². The van der Waals surface area contributed by atoms with Gasteiger partial charge in [-0.05, 0) is 67.1 Å². The number of hydrogen-bond donors (Lipinski definition) is 3. The van der Waals surface area contributed by atoms with Crippen molar-refractivity contribution in [1.29, 1.82) is 0 Å². The van der Waals surface area contributed by atoms with E-state index in [1.807, 2.05) is 50.7 Å². The average molecular weight is 520 g/mol. The molecule has 0 radical (unpaired) electrons. The van der Waals surface area contributed by atoms with Crippen LogP contribution in [0.15, 0.2) is 61.6 Å². The molecular weight excluding hydrogens is 478 g/mol. The van der Waals surface area contributed by atoms with Gasteiger partial charge in [0.15, 0.2) is 0 Å². The molecule has 3 heterocycles. The molecule has 1 aliphatic heterocycles. The normalized spacial score (nSPS) is 14.7. The van der Waals surface area contributed by atoms with Crippen molar-refractivity contribution in [2.45, 2.75) is 25.6 Å². The minimum absolute atomic E-state index is 0.0392. The molecule has 1 aliphatic rings. The Hall–Kier alpha value is -3.07. The van der Waals surface area contributed by atoms with Gasteiger partial charge in [-0.25, -0.2) is 15.4 Å². The first kappa shape index (κ1) is 28.5. The second-order valence-corrected chi connectivity index (χ2v) is 10.7. The lowest BCUT2D eigenvalue weighted by Crippen LogP contribution is -2.52. The molecule has 198 valence electrons. The number of hydrogen-bond acceptors (Lipinski definition) is 8. The molecule has 0 saturated carbocycles. The lowest BCUT2D eigenvalue weighted by molar-refractivity contribution is 0.186. The lowest BCUT2D eigenvalue weighted by Gasteiger charge is -2.42. The summed E-state index contributed by atoms with van der Waals surface area (Å²) in [4.78, 5) is 13.4. The summed E-state index contributed by atoms with van der Waals surface area (Å²) in [6.45, 7) is 14.2. The second kappa shape index (κ2) is 12.9. The quantitative estimate of drug-likeness (QED) is 0.292. The van der Waals surface area contributed by atoms with Crippen molar-refractivity contribution in [3.8, 4) is 0 Å². The summed E-state index contributed by atoms with van der Waals surface area (Å²) in [5.41, 5.74) is 6.60. The van der Waals surface area contributed by atoms with Crippen LogP contribution in [0.4, 0.5) is 11.6 Å². The summed E-state index contributed by atoms with van der Waals surface area (Å²) in [6, 6.07) is 12.5. The fourth-order valence-corrected chi connectivity index (χ4v) is 4.37. The highest BCUT2D eigenvalue weighted by atomic mass is 32.1. The molecule has 2 aromatic heterocycles. The third-order valence-corrected chi connectivity index (χ3v) is 6.84. The molecular formula is C29H41N7S. The summed E-state index contributed by atoms with van der Waals surface area (Å²) in [7, 11) is 5.76. The molecule has 37 heavy (non-hydrogen) atoms. The average Bonchev–Trinajstić information content (AvgIpc) is 2.92. The van der Waals surface area contributed by atoms with Crippen molar-refractivity contribution in [3.05, 3.63) is 72.7 Å². The summed E-state index contributed by atoms with van der Waals surface area (Å²) < 4.78 is 0. The van der Waals surface area contributed by atoms with E-state index in [-0.39, 0.29) is 4.87 Å². The first-order chi connectivity index (χ1) is 17.6. The minimum Gasteiger partial charge on any atom is -0.373 e. The Bertz CT molecular complexity index is 1210. The molecule has 0 spiro atoms. The molecule has 1 saturated heterocycles. The van der Waals surface area contributed by atoms with Gasteiger partial charge in [0.25, 0.3) is 0 Å². The predicted octanol–water partition coefficient (Wildman–Crippen LogP) is 5.22. The van der Waals surface area contributed by atoms with Crippen molar-refractivity contribution in [2.75, 3.05) is 57.5 Å². The number of nitrogens with one attached hydrogen (secondary N) is 2. The Balaban J connectivity index is 0.000000206. The Morgan fingerprint density at radius 3 is 2.41 bits per heavy atom. The van der Waals surface area contributed by atoms with E-state index in [4.69, 9.17) is 0 Å². The zero-order chi connectivity index (χ0) is 27.0. The Labute approximate surface area is 227 Å². The van der Waals surface area contributed by atoms with Gasteiger partial charge in [0.2, 0.25) is 0 Å².